The molecular formula is C20H17Cl2N3O2. The summed E-state index contributed by atoms with van der Waals surface area (Å²) in [4.78, 5) is 34.2. The Bertz CT molecular complexity index is 1080. The van der Waals surface area contributed by atoms with E-state index in [1.165, 1.54) is 0 Å². The zero-order chi connectivity index (χ0) is 19.0. The van der Waals surface area contributed by atoms with E-state index < -0.39 is 5.56 Å². The van der Waals surface area contributed by atoms with Crippen LogP contribution >= 0.6 is 23.2 Å². The summed E-state index contributed by atoms with van der Waals surface area (Å²) < 4.78 is 0. The van der Waals surface area contributed by atoms with Gasteiger partial charge in [-0.25, -0.2) is 4.98 Å². The number of hydrogen-bond acceptors (Lipinski definition) is 3. The fourth-order valence-electron chi connectivity index (χ4n) is 3.59. The first-order valence-corrected chi connectivity index (χ1v) is 9.52. The van der Waals surface area contributed by atoms with Crippen LogP contribution in [0.25, 0.3) is 11.0 Å². The Morgan fingerprint density at radius 1 is 1.19 bits per heavy atom. The molecule has 7 heteroatoms. The van der Waals surface area contributed by atoms with Gasteiger partial charge in [-0.15, -0.1) is 0 Å². The van der Waals surface area contributed by atoms with Gasteiger partial charge < -0.3 is 9.88 Å². The third-order valence-electron chi connectivity index (χ3n) is 4.86. The first kappa shape index (κ1) is 18.0. The molecule has 1 amide bonds. The van der Waals surface area contributed by atoms with Gasteiger partial charge in [-0.1, -0.05) is 35.3 Å². The Morgan fingerprint density at radius 3 is 2.81 bits per heavy atom. The quantitative estimate of drug-likeness (QED) is 0.718. The highest BCUT2D eigenvalue weighted by Crippen LogP contribution is 2.24. The topological polar surface area (TPSA) is 66.1 Å². The van der Waals surface area contributed by atoms with Crippen LogP contribution in [-0.2, 0) is 6.42 Å². The van der Waals surface area contributed by atoms with Crippen molar-refractivity contribution in [2.45, 2.75) is 25.3 Å². The summed E-state index contributed by atoms with van der Waals surface area (Å²) in [5, 5.41) is 1.18. The van der Waals surface area contributed by atoms with Gasteiger partial charge in [-0.05, 0) is 55.2 Å². The van der Waals surface area contributed by atoms with Crippen molar-refractivity contribution in [2.75, 3.05) is 6.54 Å². The lowest BCUT2D eigenvalue weighted by Crippen LogP contribution is -2.40. The standard InChI is InChI=1S/C20H17Cl2N3O2/c21-13-4-1-3-12(9-13)10-15-5-2-8-25(15)20(27)18-19(26)24-17-11-14(22)6-7-16(17)23-18/h1,3-4,6-7,9,11,15H,2,5,8,10H2,(H,24,26). The zero-order valence-corrected chi connectivity index (χ0v) is 15.9. The molecule has 5 nitrogen and oxygen atoms in total. The van der Waals surface area contributed by atoms with Gasteiger partial charge in [-0.2, -0.15) is 0 Å². The monoisotopic (exact) mass is 401 g/mol. The number of amides is 1. The number of carbonyl (C=O) groups excluding carboxylic acids is 1. The van der Waals surface area contributed by atoms with Crippen LogP contribution in [0.3, 0.4) is 0 Å². The minimum atomic E-state index is -0.497. The van der Waals surface area contributed by atoms with Gasteiger partial charge in [-0.3, -0.25) is 9.59 Å². The van der Waals surface area contributed by atoms with Crippen molar-refractivity contribution in [3.05, 3.63) is 74.1 Å². The van der Waals surface area contributed by atoms with E-state index in [0.29, 0.717) is 34.0 Å². The maximum atomic E-state index is 13.0. The summed E-state index contributed by atoms with van der Waals surface area (Å²) >= 11 is 12.0. The molecule has 0 spiro atoms. The number of halogens is 2. The second-order valence-corrected chi connectivity index (χ2v) is 7.58. The van der Waals surface area contributed by atoms with Crippen LogP contribution in [0.15, 0.2) is 47.3 Å². The van der Waals surface area contributed by atoms with Crippen molar-refractivity contribution in [3.8, 4) is 0 Å². The van der Waals surface area contributed by atoms with Crippen molar-refractivity contribution in [1.82, 2.24) is 14.9 Å². The zero-order valence-electron chi connectivity index (χ0n) is 14.4. The van der Waals surface area contributed by atoms with Crippen LogP contribution in [-0.4, -0.2) is 33.4 Å². The molecule has 1 aliphatic rings. The summed E-state index contributed by atoms with van der Waals surface area (Å²) in [5.74, 6) is -0.336. The number of fused-ring (bicyclic) bond motifs is 1. The van der Waals surface area contributed by atoms with Gasteiger partial charge in [0.15, 0.2) is 5.69 Å². The minimum absolute atomic E-state index is 0.0260. The highest BCUT2D eigenvalue weighted by molar-refractivity contribution is 6.31. The molecule has 0 radical (unpaired) electrons. The molecule has 138 valence electrons. The molecule has 2 heterocycles. The summed E-state index contributed by atoms with van der Waals surface area (Å²) in [6.45, 7) is 0.615. The summed E-state index contributed by atoms with van der Waals surface area (Å²) in [7, 11) is 0. The Labute approximate surface area is 165 Å². The SMILES string of the molecule is O=C(c1nc2ccc(Cl)cc2[nH]c1=O)N1CCCC1Cc1cccc(Cl)c1. The highest BCUT2D eigenvalue weighted by atomic mass is 35.5. The molecule has 1 saturated heterocycles. The minimum Gasteiger partial charge on any atom is -0.334 e. The molecule has 1 aromatic heterocycles. The van der Waals surface area contributed by atoms with Crippen LogP contribution in [0.5, 0.6) is 0 Å². The van der Waals surface area contributed by atoms with Gasteiger partial charge in [0.05, 0.1) is 11.0 Å². The smallest absolute Gasteiger partial charge is 0.280 e. The maximum absolute atomic E-state index is 13.0. The lowest BCUT2D eigenvalue weighted by atomic mass is 10.0. The van der Waals surface area contributed by atoms with E-state index in [-0.39, 0.29) is 17.6 Å². The molecule has 1 fully saturated rings. The number of aromatic amines is 1. The Hall–Kier alpha value is -2.37. The van der Waals surface area contributed by atoms with Crippen LogP contribution in [0, 0.1) is 0 Å². The highest BCUT2D eigenvalue weighted by Gasteiger charge is 2.31. The fourth-order valence-corrected chi connectivity index (χ4v) is 3.98. The van der Waals surface area contributed by atoms with E-state index in [2.05, 4.69) is 9.97 Å². The fraction of sp³-hybridized carbons (Fsp3) is 0.250. The van der Waals surface area contributed by atoms with Crippen LogP contribution < -0.4 is 5.56 Å². The molecule has 4 rings (SSSR count). The average molecular weight is 402 g/mol. The summed E-state index contributed by atoms with van der Waals surface area (Å²) in [6, 6.07) is 12.7. The largest absolute Gasteiger partial charge is 0.334 e. The molecule has 2 aromatic carbocycles. The third-order valence-corrected chi connectivity index (χ3v) is 5.33. The van der Waals surface area contributed by atoms with Crippen molar-refractivity contribution in [3.63, 3.8) is 0 Å². The molecule has 3 aromatic rings. The normalized spacial score (nSPS) is 16.8. The van der Waals surface area contributed by atoms with Gasteiger partial charge in [0.25, 0.3) is 11.5 Å². The maximum Gasteiger partial charge on any atom is 0.280 e. The Balaban J connectivity index is 1.63. The molecule has 1 unspecified atom stereocenters. The number of hydrogen-bond donors (Lipinski definition) is 1. The molecule has 27 heavy (non-hydrogen) atoms. The molecule has 0 bridgehead atoms. The second-order valence-electron chi connectivity index (χ2n) is 6.70. The van der Waals surface area contributed by atoms with E-state index >= 15 is 0 Å². The molecule has 0 saturated carbocycles. The van der Waals surface area contributed by atoms with E-state index in [9.17, 15) is 9.59 Å². The average Bonchev–Trinajstić information content (AvgIpc) is 3.08. The lowest BCUT2D eigenvalue weighted by molar-refractivity contribution is 0.0729. The Kier molecular flexibility index (Phi) is 4.89. The van der Waals surface area contributed by atoms with E-state index in [1.54, 1.807) is 23.1 Å². The first-order chi connectivity index (χ1) is 13.0. The van der Waals surface area contributed by atoms with Crippen LogP contribution in [0.1, 0.15) is 28.9 Å². The predicted molar refractivity (Wildman–Crippen MR) is 107 cm³/mol. The molecular weight excluding hydrogens is 385 g/mol. The van der Waals surface area contributed by atoms with Gasteiger partial charge in [0, 0.05) is 22.6 Å². The second kappa shape index (κ2) is 7.33. The van der Waals surface area contributed by atoms with Crippen LogP contribution in [0.4, 0.5) is 0 Å². The Morgan fingerprint density at radius 2 is 2.00 bits per heavy atom. The number of H-pyrrole nitrogens is 1. The van der Waals surface area contributed by atoms with E-state index in [4.69, 9.17) is 23.2 Å². The van der Waals surface area contributed by atoms with Gasteiger partial charge >= 0.3 is 0 Å². The molecule has 1 aliphatic heterocycles. The predicted octanol–water partition coefficient (Wildman–Crippen LogP) is 4.08. The summed E-state index contributed by atoms with van der Waals surface area (Å²) in [6.07, 6.45) is 2.49. The number of likely N-dealkylation sites (tertiary alicyclic amines) is 1. The molecule has 1 N–H and O–H groups in total. The van der Waals surface area contributed by atoms with Crippen LogP contribution in [0.2, 0.25) is 10.0 Å². The van der Waals surface area contributed by atoms with Gasteiger partial charge in [0.1, 0.15) is 0 Å². The number of carbonyl (C=O) groups is 1. The molecule has 1 atom stereocenters. The molecule has 0 aliphatic carbocycles. The summed E-state index contributed by atoms with van der Waals surface area (Å²) in [5.41, 5.74) is 1.54. The van der Waals surface area contributed by atoms with E-state index in [1.807, 2.05) is 24.3 Å². The van der Waals surface area contributed by atoms with Crippen molar-refractivity contribution < 1.29 is 4.79 Å². The first-order valence-electron chi connectivity index (χ1n) is 8.76. The third kappa shape index (κ3) is 3.70. The lowest BCUT2D eigenvalue weighted by Gasteiger charge is -2.24. The number of nitrogens with one attached hydrogen (secondary N) is 1. The number of benzene rings is 2. The van der Waals surface area contributed by atoms with E-state index in [0.717, 1.165) is 18.4 Å². The van der Waals surface area contributed by atoms with Crippen molar-refractivity contribution >= 4 is 40.1 Å². The number of nitrogens with zero attached hydrogens (tertiary/aromatic N) is 2. The number of aromatic nitrogens is 2. The number of rotatable bonds is 3. The van der Waals surface area contributed by atoms with Crippen molar-refractivity contribution in [1.29, 1.82) is 0 Å². The van der Waals surface area contributed by atoms with Gasteiger partial charge in [0.2, 0.25) is 0 Å². The van der Waals surface area contributed by atoms with Crippen molar-refractivity contribution in [2.24, 2.45) is 0 Å².